The van der Waals surface area contributed by atoms with Crippen LogP contribution in [0.1, 0.15) is 48.6 Å². The molecule has 13 aromatic rings. The summed E-state index contributed by atoms with van der Waals surface area (Å²) in [7, 11) is 0. The quantitative estimate of drug-likeness (QED) is 0.152. The molecule has 0 nitrogen and oxygen atoms in total. The van der Waals surface area contributed by atoms with E-state index in [0.29, 0.717) is 0 Å². The van der Waals surface area contributed by atoms with Crippen LogP contribution in [-0.2, 0) is 10.8 Å². The summed E-state index contributed by atoms with van der Waals surface area (Å²) in [6, 6.07) is 77.2. The average Bonchev–Trinajstić information content (AvgIpc) is 3.81. The van der Waals surface area contributed by atoms with Crippen molar-refractivity contribution in [1.29, 1.82) is 0 Å². The normalized spacial score (nSPS) is 13.9. The summed E-state index contributed by atoms with van der Waals surface area (Å²) in [4.78, 5) is 0. The molecule has 1 spiro atoms. The summed E-state index contributed by atoms with van der Waals surface area (Å²) >= 11 is 0. The Labute approximate surface area is 377 Å². The first kappa shape index (κ1) is 35.6. The largest absolute Gasteiger partial charge is 0.0725 e. The van der Waals surface area contributed by atoms with Crippen molar-refractivity contribution in [2.45, 2.75) is 31.6 Å². The van der Waals surface area contributed by atoms with Crippen LogP contribution in [0.25, 0.3) is 120 Å². The van der Waals surface area contributed by atoms with Crippen molar-refractivity contribution >= 4 is 75.4 Å². The van der Waals surface area contributed by atoms with Gasteiger partial charge < -0.3 is 0 Å². The molecule has 0 saturated heterocycles. The summed E-state index contributed by atoms with van der Waals surface area (Å²) in [5, 5.41) is 18.5. The van der Waals surface area contributed by atoms with Gasteiger partial charge in [0, 0.05) is 0 Å². The fourth-order valence-electron chi connectivity index (χ4n) is 13.1. The molecule has 0 amide bonds. The highest BCUT2D eigenvalue weighted by molar-refractivity contribution is 6.28. The van der Waals surface area contributed by atoms with Crippen LogP contribution in [0.2, 0.25) is 0 Å². The minimum absolute atomic E-state index is 0.0369. The van der Waals surface area contributed by atoms with Crippen molar-refractivity contribution in [2.75, 3.05) is 0 Å². The monoisotopic (exact) mass is 822 g/mol. The molecule has 2 aliphatic carbocycles. The fraction of sp³-hybridized carbons (Fsp3) is 0.0769. The van der Waals surface area contributed by atoms with Gasteiger partial charge in [0.15, 0.2) is 0 Å². The van der Waals surface area contributed by atoms with E-state index in [9.17, 15) is 0 Å². The van der Waals surface area contributed by atoms with Gasteiger partial charge in [-0.05, 0) is 159 Å². The molecule has 2 aliphatic rings. The number of fused-ring (bicyclic) bond motifs is 12. The Morgan fingerprint density at radius 1 is 0.292 bits per heavy atom. The third-order valence-corrected chi connectivity index (χ3v) is 15.7. The second kappa shape index (κ2) is 12.3. The summed E-state index contributed by atoms with van der Waals surface area (Å²) < 4.78 is 0. The smallest absolute Gasteiger partial charge is 0.0619 e. The third kappa shape index (κ3) is 4.42. The lowest BCUT2D eigenvalue weighted by atomic mass is 9.70. The molecule has 0 saturated carbocycles. The minimum Gasteiger partial charge on any atom is -0.0619 e. The highest BCUT2D eigenvalue weighted by Gasteiger charge is 2.52. The van der Waals surface area contributed by atoms with E-state index >= 15 is 0 Å². The molecule has 13 aromatic carbocycles. The summed E-state index contributed by atoms with van der Waals surface area (Å²) in [5.74, 6) is 0. The van der Waals surface area contributed by atoms with Crippen molar-refractivity contribution < 1.29 is 0 Å². The summed E-state index contributed by atoms with van der Waals surface area (Å²) in [6.45, 7) is 7.00. The maximum Gasteiger partial charge on any atom is 0.0725 e. The first-order chi connectivity index (χ1) is 31.9. The molecular weight excluding hydrogens is 781 g/mol. The van der Waals surface area contributed by atoms with Gasteiger partial charge in [-0.25, -0.2) is 0 Å². The average molecular weight is 823 g/mol. The fourth-order valence-corrected chi connectivity index (χ4v) is 13.1. The van der Waals surface area contributed by atoms with Crippen molar-refractivity contribution in [3.8, 4) is 44.5 Å². The SMILES string of the molecule is CC(C)(C)c1ccc2ccc3c(-c4ccc5c(c4)C4(c6ccccc6-c6ccccc64)c4ccc6c(-c7ccc8ccc9cccc%10ccc7c8c9%10)cccc6c4-5)ccc4ccc1c2c43. The van der Waals surface area contributed by atoms with E-state index in [4.69, 9.17) is 0 Å². The molecule has 0 fully saturated rings. The van der Waals surface area contributed by atoms with E-state index in [-0.39, 0.29) is 5.41 Å². The van der Waals surface area contributed by atoms with Gasteiger partial charge in [-0.1, -0.05) is 215 Å². The zero-order valence-electron chi connectivity index (χ0n) is 36.6. The molecule has 0 aromatic heterocycles. The predicted octanol–water partition coefficient (Wildman–Crippen LogP) is 17.6. The molecule has 0 N–H and O–H groups in total. The highest BCUT2D eigenvalue weighted by Crippen LogP contribution is 2.64. The Morgan fingerprint density at radius 3 is 1.49 bits per heavy atom. The van der Waals surface area contributed by atoms with Gasteiger partial charge in [-0.2, -0.15) is 0 Å². The Morgan fingerprint density at radius 2 is 0.785 bits per heavy atom. The molecule has 302 valence electrons. The van der Waals surface area contributed by atoms with Crippen LogP contribution in [0, 0.1) is 0 Å². The summed E-state index contributed by atoms with van der Waals surface area (Å²) in [5.41, 5.74) is 16.8. The van der Waals surface area contributed by atoms with Gasteiger partial charge in [0.1, 0.15) is 0 Å². The lowest BCUT2D eigenvalue weighted by Gasteiger charge is -2.31. The van der Waals surface area contributed by atoms with Crippen LogP contribution in [0.5, 0.6) is 0 Å². The van der Waals surface area contributed by atoms with Crippen LogP contribution in [0.3, 0.4) is 0 Å². The van der Waals surface area contributed by atoms with Crippen molar-refractivity contribution in [3.63, 3.8) is 0 Å². The lowest BCUT2D eigenvalue weighted by Crippen LogP contribution is -2.25. The molecule has 0 bridgehead atoms. The second-order valence-electron chi connectivity index (χ2n) is 19.9. The first-order valence-corrected chi connectivity index (χ1v) is 23.2. The van der Waals surface area contributed by atoms with E-state index in [1.165, 1.54) is 148 Å². The van der Waals surface area contributed by atoms with E-state index in [1.807, 2.05) is 0 Å². The standard InChI is InChI=1S/C65H42/c1-64(2,3)54-34-26-41-23-29-50-43(27-20-40-24-31-52(54)62(41)61(40)50)42-25-32-53-58(36-42)65(55-16-6-4-12-47(55)48-13-5-7-17-56(48)65)57-35-33-46-44(14-9-15-49(46)63(53)57)45-28-21-39-19-18-37-10-8-11-38-22-30-51(45)60(39)59(37)38/h4-36H,1-3H3. The van der Waals surface area contributed by atoms with Crippen LogP contribution in [0.4, 0.5) is 0 Å². The molecular formula is C65H42. The van der Waals surface area contributed by atoms with Gasteiger partial charge in [-0.3, -0.25) is 0 Å². The van der Waals surface area contributed by atoms with Gasteiger partial charge in [-0.15, -0.1) is 0 Å². The molecule has 0 aliphatic heterocycles. The van der Waals surface area contributed by atoms with Crippen molar-refractivity contribution in [2.24, 2.45) is 0 Å². The maximum absolute atomic E-state index is 2.57. The van der Waals surface area contributed by atoms with Crippen LogP contribution >= 0.6 is 0 Å². The van der Waals surface area contributed by atoms with Gasteiger partial charge in [0.2, 0.25) is 0 Å². The van der Waals surface area contributed by atoms with Gasteiger partial charge >= 0.3 is 0 Å². The van der Waals surface area contributed by atoms with E-state index in [2.05, 4.69) is 221 Å². The van der Waals surface area contributed by atoms with E-state index in [1.54, 1.807) is 0 Å². The number of benzene rings is 13. The molecule has 0 heterocycles. The number of rotatable bonds is 2. The maximum atomic E-state index is 2.57. The van der Waals surface area contributed by atoms with Crippen molar-refractivity contribution in [3.05, 3.63) is 228 Å². The predicted molar refractivity (Wildman–Crippen MR) is 277 cm³/mol. The van der Waals surface area contributed by atoms with Crippen molar-refractivity contribution in [1.82, 2.24) is 0 Å². The molecule has 0 radical (unpaired) electrons. The lowest BCUT2D eigenvalue weighted by molar-refractivity contribution is 0.596. The topological polar surface area (TPSA) is 0 Å². The second-order valence-corrected chi connectivity index (χ2v) is 19.9. The zero-order valence-corrected chi connectivity index (χ0v) is 36.6. The zero-order chi connectivity index (χ0) is 42.9. The third-order valence-electron chi connectivity index (χ3n) is 15.7. The van der Waals surface area contributed by atoms with E-state index in [0.717, 1.165) is 0 Å². The molecule has 0 unspecified atom stereocenters. The Kier molecular flexibility index (Phi) is 6.72. The van der Waals surface area contributed by atoms with Gasteiger partial charge in [0.25, 0.3) is 0 Å². The van der Waals surface area contributed by atoms with Crippen LogP contribution < -0.4 is 0 Å². The molecule has 0 heteroatoms. The van der Waals surface area contributed by atoms with E-state index < -0.39 is 5.41 Å². The van der Waals surface area contributed by atoms with Gasteiger partial charge in [0.05, 0.1) is 5.41 Å². The Balaban J connectivity index is 1.02. The Hall–Kier alpha value is -7.80. The highest BCUT2D eigenvalue weighted by atomic mass is 14.5. The number of hydrogen-bond donors (Lipinski definition) is 0. The molecule has 0 atom stereocenters. The first-order valence-electron chi connectivity index (χ1n) is 23.2. The minimum atomic E-state index is -0.476. The van der Waals surface area contributed by atoms with Crippen LogP contribution in [0.15, 0.2) is 200 Å². The molecule has 65 heavy (non-hydrogen) atoms. The molecule has 15 rings (SSSR count). The Bertz CT molecular complexity index is 4150. The summed E-state index contributed by atoms with van der Waals surface area (Å²) in [6.07, 6.45) is 0. The van der Waals surface area contributed by atoms with Crippen LogP contribution in [-0.4, -0.2) is 0 Å². The number of hydrogen-bond acceptors (Lipinski definition) is 0.